The zero-order valence-corrected chi connectivity index (χ0v) is 15.3. The molecule has 2 aromatic rings. The van der Waals surface area contributed by atoms with Gasteiger partial charge < -0.3 is 15.1 Å². The third-order valence-corrected chi connectivity index (χ3v) is 5.16. The van der Waals surface area contributed by atoms with Gasteiger partial charge in [-0.3, -0.25) is 4.79 Å². The fraction of sp³-hybridized carbons (Fsp3) is 0.381. The number of hydrogen-bond acceptors (Lipinski definition) is 1. The van der Waals surface area contributed by atoms with Crippen molar-refractivity contribution in [2.75, 3.05) is 38.0 Å². The van der Waals surface area contributed by atoms with Gasteiger partial charge in [0, 0.05) is 11.3 Å². The van der Waals surface area contributed by atoms with Crippen LogP contribution in [0, 0.1) is 13.8 Å². The van der Waals surface area contributed by atoms with Crippen molar-refractivity contribution in [2.45, 2.75) is 20.4 Å². The largest absolute Gasteiger partial charge is 0.322 e. The molecule has 3 N–H and O–H groups in total. The quantitative estimate of drug-likeness (QED) is 0.717. The van der Waals surface area contributed by atoms with Crippen LogP contribution in [0.4, 0.5) is 5.69 Å². The second kappa shape index (κ2) is 8.28. The van der Waals surface area contributed by atoms with E-state index in [0.29, 0.717) is 6.54 Å². The Morgan fingerprint density at radius 2 is 1.60 bits per heavy atom. The molecule has 1 saturated heterocycles. The van der Waals surface area contributed by atoms with Crippen LogP contribution in [-0.2, 0) is 11.3 Å². The van der Waals surface area contributed by atoms with Crippen molar-refractivity contribution >= 4 is 11.6 Å². The van der Waals surface area contributed by atoms with Crippen LogP contribution in [0.2, 0.25) is 0 Å². The summed E-state index contributed by atoms with van der Waals surface area (Å²) in [5, 5.41) is 3.04. The lowest BCUT2D eigenvalue weighted by molar-refractivity contribution is -1.02. The second-order valence-electron chi connectivity index (χ2n) is 7.19. The van der Waals surface area contributed by atoms with Gasteiger partial charge in [-0.15, -0.1) is 0 Å². The summed E-state index contributed by atoms with van der Waals surface area (Å²) in [6.07, 6.45) is 0. The maximum absolute atomic E-state index is 12.3. The van der Waals surface area contributed by atoms with E-state index in [4.69, 9.17) is 0 Å². The lowest BCUT2D eigenvalue weighted by Crippen LogP contribution is -3.28. The molecule has 0 saturated carbocycles. The van der Waals surface area contributed by atoms with Crippen LogP contribution in [-0.4, -0.2) is 38.6 Å². The molecule has 2 aromatic carbocycles. The standard InChI is InChI=1S/C21H27N3O/c1-17-8-9-20(14-18(17)2)22-21(25)16-24-12-10-23(11-13-24)15-19-6-4-3-5-7-19/h3-9,14H,10-13,15-16H2,1-2H3,(H,22,25)/p+2. The summed E-state index contributed by atoms with van der Waals surface area (Å²) in [7, 11) is 0. The molecule has 1 fully saturated rings. The highest BCUT2D eigenvalue weighted by Crippen LogP contribution is 2.13. The molecule has 1 aliphatic rings. The van der Waals surface area contributed by atoms with E-state index >= 15 is 0 Å². The number of quaternary nitrogens is 2. The zero-order valence-electron chi connectivity index (χ0n) is 15.3. The van der Waals surface area contributed by atoms with Crippen LogP contribution >= 0.6 is 0 Å². The number of piperazine rings is 1. The monoisotopic (exact) mass is 339 g/mol. The van der Waals surface area contributed by atoms with Crippen LogP contribution in [0.5, 0.6) is 0 Å². The SMILES string of the molecule is Cc1ccc(NC(=O)C[NH+]2CC[NH+](Cc3ccccc3)CC2)cc1C. The summed E-state index contributed by atoms with van der Waals surface area (Å²) in [6.45, 7) is 10.2. The van der Waals surface area contributed by atoms with Gasteiger partial charge >= 0.3 is 0 Å². The molecular formula is C21H29N3O+2. The minimum absolute atomic E-state index is 0.116. The highest BCUT2D eigenvalue weighted by Gasteiger charge is 2.24. The first-order valence-electron chi connectivity index (χ1n) is 9.18. The molecule has 0 bridgehead atoms. The van der Waals surface area contributed by atoms with Gasteiger partial charge in [0.2, 0.25) is 0 Å². The molecule has 0 aliphatic carbocycles. The van der Waals surface area contributed by atoms with E-state index in [2.05, 4.69) is 55.6 Å². The Labute approximate surface area is 150 Å². The molecule has 0 spiro atoms. The molecule has 0 unspecified atom stereocenters. The number of carbonyl (C=O) groups is 1. The van der Waals surface area contributed by atoms with Gasteiger partial charge in [-0.1, -0.05) is 36.4 Å². The highest BCUT2D eigenvalue weighted by molar-refractivity contribution is 5.91. The molecule has 1 aliphatic heterocycles. The second-order valence-corrected chi connectivity index (χ2v) is 7.19. The number of anilines is 1. The first-order valence-corrected chi connectivity index (χ1v) is 9.18. The molecule has 0 atom stereocenters. The van der Waals surface area contributed by atoms with Gasteiger partial charge in [0.1, 0.15) is 32.7 Å². The molecule has 1 amide bonds. The van der Waals surface area contributed by atoms with Crippen molar-refractivity contribution < 1.29 is 14.6 Å². The van der Waals surface area contributed by atoms with E-state index in [9.17, 15) is 4.79 Å². The number of nitrogens with one attached hydrogen (secondary N) is 3. The number of rotatable bonds is 5. The van der Waals surface area contributed by atoms with E-state index in [1.165, 1.54) is 21.6 Å². The molecule has 3 rings (SSSR count). The molecule has 4 heteroatoms. The summed E-state index contributed by atoms with van der Waals surface area (Å²) in [5.41, 5.74) is 4.76. The van der Waals surface area contributed by atoms with Crippen LogP contribution in [0.1, 0.15) is 16.7 Å². The Bertz CT molecular complexity index is 706. The van der Waals surface area contributed by atoms with Crippen molar-refractivity contribution in [2.24, 2.45) is 0 Å². The van der Waals surface area contributed by atoms with E-state index in [1.54, 1.807) is 4.90 Å². The summed E-state index contributed by atoms with van der Waals surface area (Å²) in [4.78, 5) is 15.3. The maximum Gasteiger partial charge on any atom is 0.279 e. The van der Waals surface area contributed by atoms with Crippen LogP contribution in [0.15, 0.2) is 48.5 Å². The third kappa shape index (κ3) is 5.15. The van der Waals surface area contributed by atoms with Gasteiger partial charge in [-0.25, -0.2) is 0 Å². The van der Waals surface area contributed by atoms with Crippen LogP contribution in [0.25, 0.3) is 0 Å². The van der Waals surface area contributed by atoms with Crippen molar-refractivity contribution in [3.63, 3.8) is 0 Å². The number of benzene rings is 2. The summed E-state index contributed by atoms with van der Waals surface area (Å²) in [5.74, 6) is 0.116. The third-order valence-electron chi connectivity index (χ3n) is 5.16. The first-order chi connectivity index (χ1) is 12.1. The number of carbonyl (C=O) groups excluding carboxylic acids is 1. The first kappa shape index (κ1) is 17.6. The Balaban J connectivity index is 1.43. The van der Waals surface area contributed by atoms with Gasteiger partial charge in [-0.2, -0.15) is 0 Å². The zero-order chi connectivity index (χ0) is 17.6. The van der Waals surface area contributed by atoms with E-state index in [-0.39, 0.29) is 5.91 Å². The number of aryl methyl sites for hydroxylation is 2. The van der Waals surface area contributed by atoms with Crippen LogP contribution in [0.3, 0.4) is 0 Å². The topological polar surface area (TPSA) is 38.0 Å². The molecule has 4 nitrogen and oxygen atoms in total. The van der Waals surface area contributed by atoms with Crippen molar-refractivity contribution in [1.82, 2.24) is 0 Å². The lowest BCUT2D eigenvalue weighted by Gasteiger charge is -2.29. The van der Waals surface area contributed by atoms with Gasteiger partial charge in [0.05, 0.1) is 0 Å². The van der Waals surface area contributed by atoms with Gasteiger partial charge in [0.25, 0.3) is 5.91 Å². The Hall–Kier alpha value is -2.17. The smallest absolute Gasteiger partial charge is 0.279 e. The van der Waals surface area contributed by atoms with Gasteiger partial charge in [0.15, 0.2) is 6.54 Å². The fourth-order valence-electron chi connectivity index (χ4n) is 3.45. The van der Waals surface area contributed by atoms with E-state index < -0.39 is 0 Å². The lowest BCUT2D eigenvalue weighted by atomic mass is 10.1. The summed E-state index contributed by atoms with van der Waals surface area (Å²) >= 11 is 0. The van der Waals surface area contributed by atoms with Gasteiger partial charge in [-0.05, 0) is 37.1 Å². The molecule has 1 heterocycles. The average Bonchev–Trinajstić information content (AvgIpc) is 2.61. The predicted octanol–water partition coefficient (Wildman–Crippen LogP) is 0.226. The molecular weight excluding hydrogens is 310 g/mol. The van der Waals surface area contributed by atoms with E-state index in [0.717, 1.165) is 38.4 Å². The van der Waals surface area contributed by atoms with Crippen LogP contribution < -0.4 is 15.1 Å². The summed E-state index contributed by atoms with van der Waals surface area (Å²) < 4.78 is 0. The van der Waals surface area contributed by atoms with Crippen molar-refractivity contribution in [3.05, 3.63) is 65.2 Å². The Kier molecular flexibility index (Phi) is 5.84. The number of amides is 1. The molecule has 0 radical (unpaired) electrons. The molecule has 0 aromatic heterocycles. The summed E-state index contributed by atoms with van der Waals surface area (Å²) in [6, 6.07) is 16.8. The Morgan fingerprint density at radius 1 is 0.920 bits per heavy atom. The molecule has 132 valence electrons. The minimum atomic E-state index is 0.116. The average molecular weight is 339 g/mol. The Morgan fingerprint density at radius 3 is 2.28 bits per heavy atom. The minimum Gasteiger partial charge on any atom is -0.322 e. The normalized spacial score (nSPS) is 20.2. The number of hydrogen-bond donors (Lipinski definition) is 3. The predicted molar refractivity (Wildman–Crippen MR) is 101 cm³/mol. The van der Waals surface area contributed by atoms with Crippen molar-refractivity contribution in [1.29, 1.82) is 0 Å². The van der Waals surface area contributed by atoms with E-state index in [1.807, 2.05) is 12.1 Å². The maximum atomic E-state index is 12.3. The fourth-order valence-corrected chi connectivity index (χ4v) is 3.45. The van der Waals surface area contributed by atoms with Crippen molar-refractivity contribution in [3.8, 4) is 0 Å². The molecule has 25 heavy (non-hydrogen) atoms. The highest BCUT2D eigenvalue weighted by atomic mass is 16.2.